The van der Waals surface area contributed by atoms with Crippen molar-refractivity contribution in [2.24, 2.45) is 12.0 Å². The molecule has 1 amide bonds. The topological polar surface area (TPSA) is 52.8 Å². The molecule has 0 unspecified atom stereocenters. The van der Waals surface area contributed by atoms with Gasteiger partial charge in [0.15, 0.2) is 16.3 Å². The number of fused-ring (bicyclic) bond motifs is 2. The van der Waals surface area contributed by atoms with Crippen molar-refractivity contribution in [2.45, 2.75) is 0 Å². The predicted molar refractivity (Wildman–Crippen MR) is 93.1 cm³/mol. The molecule has 0 saturated carbocycles. The van der Waals surface area contributed by atoms with E-state index in [-0.39, 0.29) is 5.91 Å². The summed E-state index contributed by atoms with van der Waals surface area (Å²) in [5, 5.41) is 0.588. The van der Waals surface area contributed by atoms with Crippen LogP contribution in [0.5, 0.6) is 11.5 Å². The van der Waals surface area contributed by atoms with Crippen molar-refractivity contribution in [1.82, 2.24) is 4.57 Å². The normalized spacial score (nSPS) is 14.2. The molecule has 0 aliphatic carbocycles. The van der Waals surface area contributed by atoms with Gasteiger partial charge in [0.25, 0.3) is 5.91 Å². The SMILES string of the molecule is Cn1c(=NC(=O)c2ccc(Cl)cc2)sc2cc3c(cc21)OCCO3. The molecule has 0 atom stereocenters. The van der Waals surface area contributed by atoms with E-state index in [0.29, 0.717) is 28.6 Å². The summed E-state index contributed by atoms with van der Waals surface area (Å²) >= 11 is 7.29. The summed E-state index contributed by atoms with van der Waals surface area (Å²) in [5.74, 6) is 1.15. The monoisotopic (exact) mass is 360 g/mol. The number of hydrogen-bond acceptors (Lipinski definition) is 4. The molecule has 1 aromatic heterocycles. The van der Waals surface area contributed by atoms with E-state index >= 15 is 0 Å². The number of ether oxygens (including phenoxy) is 2. The lowest BCUT2D eigenvalue weighted by atomic mass is 10.2. The third-order valence-electron chi connectivity index (χ3n) is 3.76. The second kappa shape index (κ2) is 5.96. The first kappa shape index (κ1) is 15.2. The summed E-state index contributed by atoms with van der Waals surface area (Å²) in [6, 6.07) is 10.5. The molecule has 1 aliphatic heterocycles. The third kappa shape index (κ3) is 2.68. The van der Waals surface area contributed by atoms with Crippen LogP contribution in [0.25, 0.3) is 10.2 Å². The van der Waals surface area contributed by atoms with Crippen molar-refractivity contribution >= 4 is 39.1 Å². The van der Waals surface area contributed by atoms with E-state index in [4.69, 9.17) is 21.1 Å². The Balaban J connectivity index is 1.80. The summed E-state index contributed by atoms with van der Waals surface area (Å²) in [6.45, 7) is 1.08. The number of rotatable bonds is 1. The number of nitrogens with zero attached hydrogens (tertiary/aromatic N) is 2. The molecule has 0 spiro atoms. The van der Waals surface area contributed by atoms with Crippen molar-refractivity contribution in [1.29, 1.82) is 0 Å². The average Bonchev–Trinajstić information content (AvgIpc) is 2.89. The molecule has 5 nitrogen and oxygen atoms in total. The highest BCUT2D eigenvalue weighted by Crippen LogP contribution is 2.35. The van der Waals surface area contributed by atoms with Crippen LogP contribution in [0.15, 0.2) is 41.4 Å². The standard InChI is InChI=1S/C17H13ClN2O3S/c1-20-12-8-13-14(23-7-6-22-13)9-15(12)24-17(20)19-16(21)10-2-4-11(18)5-3-10/h2-5,8-9H,6-7H2,1H3. The molecule has 0 saturated heterocycles. The molecule has 2 aromatic carbocycles. The first-order valence-electron chi connectivity index (χ1n) is 7.35. The Morgan fingerprint density at radius 3 is 2.54 bits per heavy atom. The van der Waals surface area contributed by atoms with E-state index in [9.17, 15) is 4.79 Å². The smallest absolute Gasteiger partial charge is 0.279 e. The molecule has 0 N–H and O–H groups in total. The lowest BCUT2D eigenvalue weighted by Crippen LogP contribution is -2.15. The number of thiazole rings is 1. The molecule has 0 bridgehead atoms. The van der Waals surface area contributed by atoms with Gasteiger partial charge in [-0.05, 0) is 24.3 Å². The molecule has 122 valence electrons. The van der Waals surface area contributed by atoms with Crippen molar-refractivity contribution < 1.29 is 14.3 Å². The van der Waals surface area contributed by atoms with Gasteiger partial charge < -0.3 is 14.0 Å². The van der Waals surface area contributed by atoms with Crippen LogP contribution in [0.4, 0.5) is 0 Å². The first-order chi connectivity index (χ1) is 11.6. The molecule has 2 heterocycles. The fourth-order valence-electron chi connectivity index (χ4n) is 2.51. The van der Waals surface area contributed by atoms with Gasteiger partial charge in [-0.15, -0.1) is 0 Å². The van der Waals surface area contributed by atoms with Crippen LogP contribution in [0.2, 0.25) is 5.02 Å². The predicted octanol–water partition coefficient (Wildman–Crippen LogP) is 3.41. The minimum atomic E-state index is -0.300. The molecular formula is C17H13ClN2O3S. The number of amides is 1. The molecule has 24 heavy (non-hydrogen) atoms. The number of halogens is 1. The lowest BCUT2D eigenvalue weighted by molar-refractivity contribution is 0.0998. The molecule has 4 rings (SSSR count). The summed E-state index contributed by atoms with van der Waals surface area (Å²) in [7, 11) is 1.88. The Labute approximate surface area is 146 Å². The fraction of sp³-hybridized carbons (Fsp3) is 0.176. The highest BCUT2D eigenvalue weighted by Gasteiger charge is 2.15. The van der Waals surface area contributed by atoms with Crippen LogP contribution in [-0.2, 0) is 7.05 Å². The van der Waals surface area contributed by atoms with Gasteiger partial charge in [-0.2, -0.15) is 4.99 Å². The maximum Gasteiger partial charge on any atom is 0.279 e. The number of hydrogen-bond donors (Lipinski definition) is 0. The number of aryl methyl sites for hydroxylation is 1. The minimum absolute atomic E-state index is 0.300. The zero-order chi connectivity index (χ0) is 16.7. The zero-order valence-electron chi connectivity index (χ0n) is 12.8. The second-order valence-electron chi connectivity index (χ2n) is 5.33. The Hall–Kier alpha value is -2.31. The van der Waals surface area contributed by atoms with Gasteiger partial charge in [0.05, 0.1) is 10.2 Å². The minimum Gasteiger partial charge on any atom is -0.486 e. The van der Waals surface area contributed by atoms with Gasteiger partial charge >= 0.3 is 0 Å². The second-order valence-corrected chi connectivity index (χ2v) is 6.78. The molecule has 1 aliphatic rings. The quantitative estimate of drug-likeness (QED) is 0.668. The van der Waals surface area contributed by atoms with E-state index in [0.717, 1.165) is 21.7 Å². The van der Waals surface area contributed by atoms with Crippen molar-refractivity contribution in [3.8, 4) is 11.5 Å². The maximum atomic E-state index is 12.3. The van der Waals surface area contributed by atoms with Crippen molar-refractivity contribution in [3.63, 3.8) is 0 Å². The largest absolute Gasteiger partial charge is 0.486 e. The highest BCUT2D eigenvalue weighted by atomic mass is 35.5. The number of carbonyl (C=O) groups is 1. The highest BCUT2D eigenvalue weighted by molar-refractivity contribution is 7.16. The summed E-state index contributed by atoms with van der Waals surface area (Å²) in [5.41, 5.74) is 1.45. The van der Waals surface area contributed by atoms with E-state index < -0.39 is 0 Å². The van der Waals surface area contributed by atoms with E-state index in [2.05, 4.69) is 4.99 Å². The zero-order valence-corrected chi connectivity index (χ0v) is 14.4. The van der Waals surface area contributed by atoms with E-state index in [1.54, 1.807) is 24.3 Å². The van der Waals surface area contributed by atoms with Crippen molar-refractivity contribution in [2.75, 3.05) is 13.2 Å². The molecule has 3 aromatic rings. The number of carbonyl (C=O) groups excluding carboxylic acids is 1. The van der Waals surface area contributed by atoms with Crippen LogP contribution in [0.3, 0.4) is 0 Å². The summed E-state index contributed by atoms with van der Waals surface area (Å²) in [6.07, 6.45) is 0. The number of benzene rings is 2. The lowest BCUT2D eigenvalue weighted by Gasteiger charge is -2.18. The van der Waals surface area contributed by atoms with Gasteiger partial charge in [0.1, 0.15) is 13.2 Å². The van der Waals surface area contributed by atoms with Gasteiger partial charge in [-0.3, -0.25) is 4.79 Å². The number of aromatic nitrogens is 1. The molecule has 0 fully saturated rings. The maximum absolute atomic E-state index is 12.3. The van der Waals surface area contributed by atoms with Gasteiger partial charge in [-0.25, -0.2) is 0 Å². The molecular weight excluding hydrogens is 348 g/mol. The van der Waals surface area contributed by atoms with Gasteiger partial charge in [0.2, 0.25) is 0 Å². The Morgan fingerprint density at radius 1 is 1.17 bits per heavy atom. The average molecular weight is 361 g/mol. The summed E-state index contributed by atoms with van der Waals surface area (Å²) < 4.78 is 14.1. The Bertz CT molecular complexity index is 1010. The Kier molecular flexibility index (Phi) is 3.78. The Morgan fingerprint density at radius 2 is 1.83 bits per heavy atom. The van der Waals surface area contributed by atoms with Crippen LogP contribution in [0.1, 0.15) is 10.4 Å². The van der Waals surface area contributed by atoms with Crippen LogP contribution in [0, 0.1) is 0 Å². The van der Waals surface area contributed by atoms with Crippen LogP contribution in [-0.4, -0.2) is 23.7 Å². The first-order valence-corrected chi connectivity index (χ1v) is 8.55. The van der Waals surface area contributed by atoms with Crippen molar-refractivity contribution in [3.05, 3.63) is 51.8 Å². The van der Waals surface area contributed by atoms with Crippen LogP contribution >= 0.6 is 22.9 Å². The van der Waals surface area contributed by atoms with Crippen LogP contribution < -0.4 is 14.3 Å². The van der Waals surface area contributed by atoms with E-state index in [1.165, 1.54) is 11.3 Å². The molecule has 7 heteroatoms. The van der Waals surface area contributed by atoms with Gasteiger partial charge in [0, 0.05) is 29.8 Å². The van der Waals surface area contributed by atoms with Gasteiger partial charge in [-0.1, -0.05) is 22.9 Å². The fourth-order valence-corrected chi connectivity index (χ4v) is 3.67. The third-order valence-corrected chi connectivity index (χ3v) is 5.11. The molecule has 0 radical (unpaired) electrons. The van der Waals surface area contributed by atoms with E-state index in [1.807, 2.05) is 23.7 Å². The summed E-state index contributed by atoms with van der Waals surface area (Å²) in [4.78, 5) is 17.2.